The van der Waals surface area contributed by atoms with Crippen LogP contribution in [0.4, 0.5) is 0 Å². The molecule has 0 aromatic heterocycles. The van der Waals surface area contributed by atoms with Gasteiger partial charge in [-0.2, -0.15) is 0 Å². The van der Waals surface area contributed by atoms with Gasteiger partial charge in [0.15, 0.2) is 0 Å². The summed E-state index contributed by atoms with van der Waals surface area (Å²) in [6, 6.07) is 0. The molecule has 23 heavy (non-hydrogen) atoms. The maximum atomic E-state index is 3.96. The fraction of sp³-hybridized carbons (Fsp3) is 0.818. The molecule has 0 aromatic rings. The number of nitrogens with one attached hydrogen (secondary N) is 1. The Morgan fingerprint density at radius 3 is 1.83 bits per heavy atom. The molecule has 0 radical (unpaired) electrons. The first-order valence-corrected chi connectivity index (χ1v) is 10.4. The fourth-order valence-electron chi connectivity index (χ4n) is 2.91. The lowest BCUT2D eigenvalue weighted by Gasteiger charge is -2.05. The SMILES string of the molecule is C=C/C(=C\CNCCCCCC)CCCCCCCCCCC. The number of allylic oxidation sites excluding steroid dienone is 2. The minimum atomic E-state index is 1.00. The van der Waals surface area contributed by atoms with Crippen LogP contribution in [0.3, 0.4) is 0 Å². The first-order valence-electron chi connectivity index (χ1n) is 10.4. The van der Waals surface area contributed by atoms with Gasteiger partial charge in [-0.15, -0.1) is 0 Å². The average molecular weight is 322 g/mol. The van der Waals surface area contributed by atoms with Gasteiger partial charge in [-0.3, -0.25) is 0 Å². The predicted octanol–water partition coefficient (Wildman–Crippen LogP) is 7.19. The van der Waals surface area contributed by atoms with E-state index in [-0.39, 0.29) is 0 Å². The van der Waals surface area contributed by atoms with E-state index in [2.05, 4.69) is 31.8 Å². The van der Waals surface area contributed by atoms with Crippen molar-refractivity contribution in [2.24, 2.45) is 0 Å². The van der Waals surface area contributed by atoms with Crippen LogP contribution >= 0.6 is 0 Å². The molecule has 0 aromatic carbocycles. The van der Waals surface area contributed by atoms with Crippen LogP contribution in [0.2, 0.25) is 0 Å². The lowest BCUT2D eigenvalue weighted by Crippen LogP contribution is -2.15. The van der Waals surface area contributed by atoms with Gasteiger partial charge in [0.1, 0.15) is 0 Å². The summed E-state index contributed by atoms with van der Waals surface area (Å²) in [5.41, 5.74) is 1.43. The van der Waals surface area contributed by atoms with Crippen molar-refractivity contribution < 1.29 is 0 Å². The average Bonchev–Trinajstić information content (AvgIpc) is 2.57. The van der Waals surface area contributed by atoms with Crippen LogP contribution in [0.1, 0.15) is 104 Å². The van der Waals surface area contributed by atoms with Crippen molar-refractivity contribution in [1.29, 1.82) is 0 Å². The van der Waals surface area contributed by atoms with Gasteiger partial charge in [0.25, 0.3) is 0 Å². The van der Waals surface area contributed by atoms with Crippen LogP contribution in [0.5, 0.6) is 0 Å². The predicted molar refractivity (Wildman–Crippen MR) is 107 cm³/mol. The van der Waals surface area contributed by atoms with E-state index in [1.165, 1.54) is 95.5 Å². The summed E-state index contributed by atoms with van der Waals surface area (Å²) in [7, 11) is 0. The van der Waals surface area contributed by atoms with Crippen molar-refractivity contribution in [3.05, 3.63) is 24.3 Å². The normalized spacial score (nSPS) is 11.8. The maximum absolute atomic E-state index is 3.96. The zero-order valence-electron chi connectivity index (χ0n) is 16.2. The molecule has 0 aliphatic heterocycles. The van der Waals surface area contributed by atoms with E-state index in [4.69, 9.17) is 0 Å². The minimum absolute atomic E-state index is 1.00. The van der Waals surface area contributed by atoms with E-state index in [9.17, 15) is 0 Å². The van der Waals surface area contributed by atoms with E-state index in [1.54, 1.807) is 0 Å². The molecule has 0 atom stereocenters. The van der Waals surface area contributed by atoms with Crippen molar-refractivity contribution in [2.75, 3.05) is 13.1 Å². The van der Waals surface area contributed by atoms with E-state index < -0.39 is 0 Å². The molecule has 0 bridgehead atoms. The van der Waals surface area contributed by atoms with Crippen LogP contribution < -0.4 is 5.32 Å². The smallest absolute Gasteiger partial charge is 0.0140 e. The molecule has 0 unspecified atom stereocenters. The van der Waals surface area contributed by atoms with Gasteiger partial charge >= 0.3 is 0 Å². The van der Waals surface area contributed by atoms with Gasteiger partial charge in [0, 0.05) is 6.54 Å². The molecule has 0 rings (SSSR count). The molecule has 1 nitrogen and oxygen atoms in total. The molecule has 0 amide bonds. The van der Waals surface area contributed by atoms with Crippen molar-refractivity contribution in [3.8, 4) is 0 Å². The molecule has 0 saturated carbocycles. The second-order valence-corrected chi connectivity index (χ2v) is 6.83. The number of rotatable bonds is 18. The molecule has 0 aliphatic carbocycles. The largest absolute Gasteiger partial charge is 0.313 e. The number of hydrogen-bond acceptors (Lipinski definition) is 1. The highest BCUT2D eigenvalue weighted by atomic mass is 14.8. The van der Waals surface area contributed by atoms with Crippen LogP contribution in [-0.4, -0.2) is 13.1 Å². The van der Waals surface area contributed by atoms with E-state index in [0.717, 1.165) is 13.1 Å². The van der Waals surface area contributed by atoms with E-state index in [1.807, 2.05) is 6.08 Å². The second-order valence-electron chi connectivity index (χ2n) is 6.83. The molecule has 1 heteroatoms. The number of hydrogen-bond donors (Lipinski definition) is 1. The summed E-state index contributed by atoms with van der Waals surface area (Å²) in [6.07, 6.45) is 23.6. The summed E-state index contributed by atoms with van der Waals surface area (Å²) in [5.74, 6) is 0. The van der Waals surface area contributed by atoms with Gasteiger partial charge in [0.2, 0.25) is 0 Å². The minimum Gasteiger partial charge on any atom is -0.313 e. The third kappa shape index (κ3) is 17.6. The van der Waals surface area contributed by atoms with Crippen LogP contribution in [0.25, 0.3) is 0 Å². The van der Waals surface area contributed by atoms with Crippen molar-refractivity contribution in [2.45, 2.75) is 104 Å². The summed E-state index contributed by atoms with van der Waals surface area (Å²) in [5, 5.41) is 3.52. The summed E-state index contributed by atoms with van der Waals surface area (Å²) in [4.78, 5) is 0. The standard InChI is InChI=1S/C22H43N/c1-4-7-9-11-12-13-14-15-16-18-22(6-3)19-21-23-20-17-10-8-5-2/h6,19,23H,3-5,7-18,20-21H2,1-2H3/b22-19+. The molecule has 0 spiro atoms. The van der Waals surface area contributed by atoms with E-state index >= 15 is 0 Å². The van der Waals surface area contributed by atoms with E-state index in [0.29, 0.717) is 0 Å². The summed E-state index contributed by atoms with van der Waals surface area (Å²) >= 11 is 0. The Balaban J connectivity index is 3.43. The van der Waals surface area contributed by atoms with Crippen molar-refractivity contribution in [3.63, 3.8) is 0 Å². The van der Waals surface area contributed by atoms with Crippen molar-refractivity contribution in [1.82, 2.24) is 5.32 Å². The Labute approximate surface area is 147 Å². The quantitative estimate of drug-likeness (QED) is 0.208. The van der Waals surface area contributed by atoms with Gasteiger partial charge in [-0.05, 0) is 25.8 Å². The Hall–Kier alpha value is -0.560. The topological polar surface area (TPSA) is 12.0 Å². The molecule has 0 fully saturated rings. The third-order valence-electron chi connectivity index (χ3n) is 4.55. The highest BCUT2D eigenvalue weighted by Gasteiger charge is 1.95. The Morgan fingerprint density at radius 1 is 0.739 bits per heavy atom. The fourth-order valence-corrected chi connectivity index (χ4v) is 2.91. The number of unbranched alkanes of at least 4 members (excludes halogenated alkanes) is 11. The monoisotopic (exact) mass is 321 g/mol. The highest BCUT2D eigenvalue weighted by Crippen LogP contribution is 2.13. The third-order valence-corrected chi connectivity index (χ3v) is 4.55. The highest BCUT2D eigenvalue weighted by molar-refractivity contribution is 5.16. The molecule has 136 valence electrons. The summed E-state index contributed by atoms with van der Waals surface area (Å²) < 4.78 is 0. The molecule has 0 heterocycles. The molecule has 1 N–H and O–H groups in total. The Morgan fingerprint density at radius 2 is 1.26 bits per heavy atom. The van der Waals surface area contributed by atoms with Gasteiger partial charge in [0.05, 0.1) is 0 Å². The molecule has 0 saturated heterocycles. The lowest BCUT2D eigenvalue weighted by molar-refractivity contribution is 0.565. The zero-order valence-corrected chi connectivity index (χ0v) is 16.2. The van der Waals surface area contributed by atoms with Crippen molar-refractivity contribution >= 4 is 0 Å². The van der Waals surface area contributed by atoms with Gasteiger partial charge in [-0.25, -0.2) is 0 Å². The van der Waals surface area contributed by atoms with Gasteiger partial charge in [-0.1, -0.05) is 109 Å². The zero-order chi connectivity index (χ0) is 17.0. The lowest BCUT2D eigenvalue weighted by atomic mass is 10.0. The van der Waals surface area contributed by atoms with Crippen LogP contribution in [-0.2, 0) is 0 Å². The second kappa shape index (κ2) is 19.5. The molecular weight excluding hydrogens is 278 g/mol. The first kappa shape index (κ1) is 22.4. The Kier molecular flexibility index (Phi) is 19.0. The van der Waals surface area contributed by atoms with Crippen LogP contribution in [0.15, 0.2) is 24.3 Å². The molecule has 0 aliphatic rings. The summed E-state index contributed by atoms with van der Waals surface area (Å²) in [6.45, 7) is 10.7. The first-order chi connectivity index (χ1) is 11.3. The van der Waals surface area contributed by atoms with Crippen LogP contribution in [0, 0.1) is 0 Å². The Bertz CT molecular complexity index is 267. The molecular formula is C22H43N. The maximum Gasteiger partial charge on any atom is 0.0140 e. The van der Waals surface area contributed by atoms with Gasteiger partial charge < -0.3 is 5.32 Å².